The van der Waals surface area contributed by atoms with Gasteiger partial charge in [0, 0.05) is 33.8 Å². The van der Waals surface area contributed by atoms with Crippen LogP contribution in [0.15, 0.2) is 70.6 Å². The van der Waals surface area contributed by atoms with Gasteiger partial charge in [-0.25, -0.2) is 0 Å². The van der Waals surface area contributed by atoms with E-state index in [1.165, 1.54) is 0 Å². The minimum Gasteiger partial charge on any atom is -0.411 e. The van der Waals surface area contributed by atoms with Gasteiger partial charge in [0.15, 0.2) is 0 Å². The van der Waals surface area contributed by atoms with E-state index in [2.05, 4.69) is 31.1 Å². The molecule has 106 valence electrons. The molecule has 0 saturated heterocycles. The Morgan fingerprint density at radius 1 is 0.952 bits per heavy atom. The van der Waals surface area contributed by atoms with Crippen LogP contribution in [0.3, 0.4) is 0 Å². The molecule has 0 amide bonds. The molecule has 0 radical (unpaired) electrons. The number of H-pyrrole nitrogens is 2. The number of rotatable bonds is 4. The number of nitrogens with one attached hydrogen (secondary N) is 2. The lowest BCUT2D eigenvalue weighted by atomic mass is 9.91. The molecule has 0 saturated carbocycles. The van der Waals surface area contributed by atoms with Gasteiger partial charge in [-0.2, -0.15) is 0 Å². The molecule has 0 aliphatic rings. The fraction of sp³-hybridized carbons (Fsp3) is 0.0625. The highest BCUT2D eigenvalue weighted by molar-refractivity contribution is 9.10. The Morgan fingerprint density at radius 3 is 1.95 bits per heavy atom. The summed E-state index contributed by atoms with van der Waals surface area (Å²) >= 11 is 3.42. The topological polar surface area (TPSA) is 64.2 Å². The van der Waals surface area contributed by atoms with Crippen LogP contribution in [0.5, 0.6) is 0 Å². The second-order valence-corrected chi connectivity index (χ2v) is 5.59. The van der Waals surface area contributed by atoms with Crippen LogP contribution in [0, 0.1) is 0 Å². The largest absolute Gasteiger partial charge is 0.411 e. The van der Waals surface area contributed by atoms with Gasteiger partial charge >= 0.3 is 0 Å². The second kappa shape index (κ2) is 6.01. The van der Waals surface area contributed by atoms with Crippen molar-refractivity contribution in [1.29, 1.82) is 0 Å². The monoisotopic (exact) mass is 343 g/mol. The molecule has 21 heavy (non-hydrogen) atoms. The quantitative estimate of drug-likeness (QED) is 0.372. The third-order valence-electron chi connectivity index (χ3n) is 3.39. The van der Waals surface area contributed by atoms with Gasteiger partial charge in [-0.1, -0.05) is 33.2 Å². The maximum absolute atomic E-state index is 9.57. The molecule has 4 nitrogen and oxygen atoms in total. The van der Waals surface area contributed by atoms with Gasteiger partial charge in [-0.05, 0) is 36.4 Å². The van der Waals surface area contributed by atoms with E-state index in [1.54, 1.807) is 0 Å². The van der Waals surface area contributed by atoms with Gasteiger partial charge in [-0.15, -0.1) is 0 Å². The highest BCUT2D eigenvalue weighted by atomic mass is 79.9. The first-order valence-electron chi connectivity index (χ1n) is 6.54. The number of aromatic amines is 2. The maximum Gasteiger partial charge on any atom is 0.102 e. The molecule has 3 N–H and O–H groups in total. The Kier molecular flexibility index (Phi) is 3.92. The predicted molar refractivity (Wildman–Crippen MR) is 85.9 cm³/mol. The molecule has 3 rings (SSSR count). The maximum atomic E-state index is 9.57. The van der Waals surface area contributed by atoms with Crippen molar-refractivity contribution in [3.05, 3.63) is 82.3 Å². The molecule has 2 aromatic heterocycles. The molecule has 0 aliphatic carbocycles. The molecule has 0 fully saturated rings. The van der Waals surface area contributed by atoms with Crippen molar-refractivity contribution in [2.75, 3.05) is 0 Å². The number of oxime groups is 1. The average Bonchev–Trinajstić information content (AvgIpc) is 3.19. The van der Waals surface area contributed by atoms with Crippen molar-refractivity contribution < 1.29 is 5.21 Å². The lowest BCUT2D eigenvalue weighted by Gasteiger charge is -2.16. The van der Waals surface area contributed by atoms with Gasteiger partial charge in [0.05, 0.1) is 5.92 Å². The molecule has 0 aliphatic heterocycles. The molecular formula is C16H14BrN3O. The van der Waals surface area contributed by atoms with E-state index in [-0.39, 0.29) is 5.92 Å². The van der Waals surface area contributed by atoms with Crippen molar-refractivity contribution in [3.8, 4) is 0 Å². The summed E-state index contributed by atoms with van der Waals surface area (Å²) in [4.78, 5) is 6.40. The number of hydrogen-bond acceptors (Lipinski definition) is 2. The van der Waals surface area contributed by atoms with Crippen molar-refractivity contribution >= 4 is 21.6 Å². The van der Waals surface area contributed by atoms with Crippen LogP contribution in [0.25, 0.3) is 0 Å². The Labute approximate surface area is 130 Å². The smallest absolute Gasteiger partial charge is 0.102 e. The third kappa shape index (κ3) is 2.78. The van der Waals surface area contributed by atoms with Gasteiger partial charge in [-0.3, -0.25) is 0 Å². The molecule has 1 aromatic carbocycles. The standard InChI is InChI=1S/C16H14BrN3O/c17-12-7-5-11(6-8-12)16(20-21)15(13-3-1-9-18-13)14-4-2-10-19-14/h1-10,15,18-19,21H/b20-16+. The van der Waals surface area contributed by atoms with E-state index in [1.807, 2.05) is 60.9 Å². The number of nitrogens with zero attached hydrogens (tertiary/aromatic N) is 1. The fourth-order valence-corrected chi connectivity index (χ4v) is 2.68. The number of hydrogen-bond donors (Lipinski definition) is 3. The molecule has 3 aromatic rings. The van der Waals surface area contributed by atoms with Crippen LogP contribution in [-0.4, -0.2) is 20.9 Å². The molecule has 0 bridgehead atoms. The van der Waals surface area contributed by atoms with Crippen molar-refractivity contribution in [3.63, 3.8) is 0 Å². The lowest BCUT2D eigenvalue weighted by Crippen LogP contribution is -2.16. The van der Waals surface area contributed by atoms with Crippen LogP contribution in [0.1, 0.15) is 22.9 Å². The summed E-state index contributed by atoms with van der Waals surface area (Å²) in [5.74, 6) is -0.179. The average molecular weight is 344 g/mol. The molecule has 5 heteroatoms. The Balaban J connectivity index is 2.08. The van der Waals surface area contributed by atoms with E-state index in [4.69, 9.17) is 0 Å². The van der Waals surface area contributed by atoms with Crippen molar-refractivity contribution in [1.82, 2.24) is 9.97 Å². The van der Waals surface area contributed by atoms with E-state index in [9.17, 15) is 5.21 Å². The first-order chi connectivity index (χ1) is 10.3. The Hall–Kier alpha value is -2.27. The van der Waals surface area contributed by atoms with E-state index in [0.29, 0.717) is 5.71 Å². The minimum absolute atomic E-state index is 0.179. The Bertz CT molecular complexity index is 681. The summed E-state index contributed by atoms with van der Waals surface area (Å²) in [5.41, 5.74) is 3.39. The van der Waals surface area contributed by atoms with Crippen LogP contribution >= 0.6 is 15.9 Å². The summed E-state index contributed by atoms with van der Waals surface area (Å²) in [6.45, 7) is 0. The summed E-state index contributed by atoms with van der Waals surface area (Å²) in [5, 5.41) is 13.1. The number of halogens is 1. The summed E-state index contributed by atoms with van der Waals surface area (Å²) < 4.78 is 0.986. The molecule has 0 spiro atoms. The Morgan fingerprint density at radius 2 is 1.52 bits per heavy atom. The third-order valence-corrected chi connectivity index (χ3v) is 3.92. The summed E-state index contributed by atoms with van der Waals surface area (Å²) in [6.07, 6.45) is 3.73. The zero-order valence-corrected chi connectivity index (χ0v) is 12.7. The number of aromatic nitrogens is 2. The zero-order chi connectivity index (χ0) is 14.7. The van der Waals surface area contributed by atoms with Crippen LogP contribution in [-0.2, 0) is 0 Å². The van der Waals surface area contributed by atoms with Gasteiger partial charge in [0.1, 0.15) is 5.71 Å². The van der Waals surface area contributed by atoms with E-state index < -0.39 is 0 Å². The van der Waals surface area contributed by atoms with Gasteiger partial charge in [0.25, 0.3) is 0 Å². The highest BCUT2D eigenvalue weighted by Crippen LogP contribution is 2.27. The second-order valence-electron chi connectivity index (χ2n) is 4.68. The van der Waals surface area contributed by atoms with Crippen LogP contribution < -0.4 is 0 Å². The predicted octanol–water partition coefficient (Wildman–Crippen LogP) is 4.12. The minimum atomic E-state index is -0.179. The normalized spacial score (nSPS) is 12.0. The molecule has 2 heterocycles. The SMILES string of the molecule is O/N=C(\c1ccc(Br)cc1)C(c1ccc[nH]1)c1ccc[nH]1. The van der Waals surface area contributed by atoms with Crippen molar-refractivity contribution in [2.45, 2.75) is 5.92 Å². The molecule has 0 unspecified atom stereocenters. The van der Waals surface area contributed by atoms with Crippen LogP contribution in [0.4, 0.5) is 0 Å². The highest BCUT2D eigenvalue weighted by Gasteiger charge is 2.24. The van der Waals surface area contributed by atoms with Gasteiger partial charge < -0.3 is 15.2 Å². The van der Waals surface area contributed by atoms with Crippen molar-refractivity contribution in [2.24, 2.45) is 5.16 Å². The zero-order valence-electron chi connectivity index (χ0n) is 11.1. The molecular weight excluding hydrogens is 330 g/mol. The number of benzene rings is 1. The van der Waals surface area contributed by atoms with Gasteiger partial charge in [0.2, 0.25) is 0 Å². The van der Waals surface area contributed by atoms with E-state index >= 15 is 0 Å². The molecule has 0 atom stereocenters. The summed E-state index contributed by atoms with van der Waals surface area (Å²) in [7, 11) is 0. The van der Waals surface area contributed by atoms with E-state index in [0.717, 1.165) is 21.4 Å². The lowest BCUT2D eigenvalue weighted by molar-refractivity contribution is 0.317. The fourth-order valence-electron chi connectivity index (χ4n) is 2.41. The van der Waals surface area contributed by atoms with Crippen LogP contribution in [0.2, 0.25) is 0 Å². The first kappa shape index (κ1) is 13.7. The summed E-state index contributed by atoms with van der Waals surface area (Å²) in [6, 6.07) is 15.5. The first-order valence-corrected chi connectivity index (χ1v) is 7.33.